The minimum absolute atomic E-state index is 0.154. The predicted octanol–water partition coefficient (Wildman–Crippen LogP) is 4.01. The summed E-state index contributed by atoms with van der Waals surface area (Å²) in [5, 5.41) is 3.57. The molecule has 0 atom stereocenters. The van der Waals surface area contributed by atoms with Crippen molar-refractivity contribution in [1.82, 2.24) is 5.32 Å². The highest BCUT2D eigenvalue weighted by atomic mass is 32.2. The van der Waals surface area contributed by atoms with Gasteiger partial charge in [0, 0.05) is 36.4 Å². The molecule has 0 unspecified atom stereocenters. The van der Waals surface area contributed by atoms with Crippen molar-refractivity contribution < 1.29 is 4.74 Å². The summed E-state index contributed by atoms with van der Waals surface area (Å²) in [5.74, 6) is 1.11. The summed E-state index contributed by atoms with van der Waals surface area (Å²) in [6.07, 6.45) is 1.10. The molecule has 0 radical (unpaired) electrons. The first-order valence-corrected chi connectivity index (χ1v) is 7.87. The summed E-state index contributed by atoms with van der Waals surface area (Å²) in [6.45, 7) is 10.5. The van der Waals surface area contributed by atoms with Crippen molar-refractivity contribution in [2.75, 3.05) is 19.5 Å². The fraction of sp³-hybridized carbons (Fsp3) is 0.625. The summed E-state index contributed by atoms with van der Waals surface area (Å²) < 4.78 is 5.10. The van der Waals surface area contributed by atoms with Gasteiger partial charge in [-0.1, -0.05) is 17.7 Å². The van der Waals surface area contributed by atoms with Crippen LogP contribution in [0.15, 0.2) is 23.1 Å². The molecule has 108 valence electrons. The first-order chi connectivity index (χ1) is 8.92. The van der Waals surface area contributed by atoms with Crippen molar-refractivity contribution in [3.8, 4) is 0 Å². The monoisotopic (exact) mass is 281 g/mol. The topological polar surface area (TPSA) is 21.3 Å². The van der Waals surface area contributed by atoms with Gasteiger partial charge in [0.05, 0.1) is 0 Å². The van der Waals surface area contributed by atoms with Crippen LogP contribution in [-0.4, -0.2) is 25.0 Å². The Hall–Kier alpha value is -0.510. The Morgan fingerprint density at radius 2 is 2.00 bits per heavy atom. The lowest BCUT2D eigenvalue weighted by atomic mass is 10.1. The second-order valence-corrected chi connectivity index (χ2v) is 7.05. The molecular weight excluding hydrogens is 254 g/mol. The third-order valence-corrected chi connectivity index (χ3v) is 3.98. The molecule has 0 fully saturated rings. The molecule has 19 heavy (non-hydrogen) atoms. The zero-order valence-corrected chi connectivity index (χ0v) is 13.7. The van der Waals surface area contributed by atoms with Gasteiger partial charge in [-0.2, -0.15) is 0 Å². The maximum atomic E-state index is 5.10. The maximum Gasteiger partial charge on any atom is 0.0470 e. The standard InChI is InChI=1S/C16H27NOS/c1-13-7-8-15(19-10-6-9-18-5)14(11-13)12-17-16(2,3)4/h7-8,11,17H,6,9-10,12H2,1-5H3. The van der Waals surface area contributed by atoms with E-state index in [1.807, 2.05) is 11.8 Å². The lowest BCUT2D eigenvalue weighted by Crippen LogP contribution is -2.35. The van der Waals surface area contributed by atoms with Crippen LogP contribution in [0, 0.1) is 6.92 Å². The molecule has 0 aliphatic carbocycles. The van der Waals surface area contributed by atoms with Gasteiger partial charge in [0.2, 0.25) is 0 Å². The zero-order chi connectivity index (χ0) is 14.3. The van der Waals surface area contributed by atoms with Gasteiger partial charge < -0.3 is 10.1 Å². The average Bonchev–Trinajstić information content (AvgIpc) is 2.33. The van der Waals surface area contributed by atoms with Gasteiger partial charge in [-0.3, -0.25) is 0 Å². The van der Waals surface area contributed by atoms with Crippen LogP contribution in [-0.2, 0) is 11.3 Å². The van der Waals surface area contributed by atoms with Crippen LogP contribution in [0.1, 0.15) is 38.3 Å². The van der Waals surface area contributed by atoms with Gasteiger partial charge in [0.15, 0.2) is 0 Å². The molecule has 0 aliphatic heterocycles. The van der Waals surface area contributed by atoms with E-state index in [1.54, 1.807) is 7.11 Å². The molecule has 0 spiro atoms. The summed E-state index contributed by atoms with van der Waals surface area (Å²) in [7, 11) is 1.76. The SMILES string of the molecule is COCCCSc1ccc(C)cc1CNC(C)(C)C. The highest BCUT2D eigenvalue weighted by molar-refractivity contribution is 7.99. The average molecular weight is 281 g/mol. The fourth-order valence-corrected chi connectivity index (χ4v) is 2.70. The number of nitrogens with one attached hydrogen (secondary N) is 1. The van der Waals surface area contributed by atoms with E-state index in [1.165, 1.54) is 16.0 Å². The van der Waals surface area contributed by atoms with Gasteiger partial charge in [-0.15, -0.1) is 11.8 Å². The molecule has 1 N–H and O–H groups in total. The van der Waals surface area contributed by atoms with E-state index in [9.17, 15) is 0 Å². The van der Waals surface area contributed by atoms with E-state index in [2.05, 4.69) is 51.2 Å². The largest absolute Gasteiger partial charge is 0.385 e. The Balaban J connectivity index is 2.63. The Bertz CT molecular complexity index is 385. The molecular formula is C16H27NOS. The van der Waals surface area contributed by atoms with Crippen molar-refractivity contribution >= 4 is 11.8 Å². The van der Waals surface area contributed by atoms with Gasteiger partial charge in [-0.05, 0) is 45.7 Å². The quantitative estimate of drug-likeness (QED) is 0.602. The Kier molecular flexibility index (Phi) is 6.90. The van der Waals surface area contributed by atoms with E-state index in [0.717, 1.165) is 25.3 Å². The van der Waals surface area contributed by atoms with E-state index in [4.69, 9.17) is 4.74 Å². The van der Waals surface area contributed by atoms with E-state index >= 15 is 0 Å². The van der Waals surface area contributed by atoms with E-state index in [0.29, 0.717) is 0 Å². The third kappa shape index (κ3) is 7.00. The molecule has 1 rings (SSSR count). The highest BCUT2D eigenvalue weighted by Gasteiger charge is 2.10. The van der Waals surface area contributed by atoms with Gasteiger partial charge in [0.1, 0.15) is 0 Å². The van der Waals surface area contributed by atoms with Crippen molar-refractivity contribution in [3.05, 3.63) is 29.3 Å². The van der Waals surface area contributed by atoms with E-state index < -0.39 is 0 Å². The molecule has 0 bridgehead atoms. The minimum Gasteiger partial charge on any atom is -0.385 e. The normalized spacial score (nSPS) is 11.8. The van der Waals surface area contributed by atoms with Crippen LogP contribution < -0.4 is 5.32 Å². The number of methoxy groups -OCH3 is 1. The maximum absolute atomic E-state index is 5.10. The van der Waals surface area contributed by atoms with Crippen molar-refractivity contribution in [3.63, 3.8) is 0 Å². The van der Waals surface area contributed by atoms with E-state index in [-0.39, 0.29) is 5.54 Å². The van der Waals surface area contributed by atoms with Crippen LogP contribution in [0.5, 0.6) is 0 Å². The molecule has 0 saturated carbocycles. The molecule has 0 saturated heterocycles. The smallest absolute Gasteiger partial charge is 0.0470 e. The molecule has 1 aromatic carbocycles. The summed E-state index contributed by atoms with van der Waals surface area (Å²) in [5.41, 5.74) is 2.88. The molecule has 0 amide bonds. The molecule has 2 nitrogen and oxygen atoms in total. The van der Waals surface area contributed by atoms with Gasteiger partial charge >= 0.3 is 0 Å². The number of aryl methyl sites for hydroxylation is 1. The first kappa shape index (κ1) is 16.5. The van der Waals surface area contributed by atoms with Crippen molar-refractivity contribution in [2.24, 2.45) is 0 Å². The zero-order valence-electron chi connectivity index (χ0n) is 12.9. The molecule has 0 aliphatic rings. The third-order valence-electron chi connectivity index (χ3n) is 2.78. The van der Waals surface area contributed by atoms with Crippen LogP contribution in [0.3, 0.4) is 0 Å². The second-order valence-electron chi connectivity index (χ2n) is 5.91. The number of rotatable bonds is 7. The highest BCUT2D eigenvalue weighted by Crippen LogP contribution is 2.25. The number of ether oxygens (including phenoxy) is 1. The number of hydrogen-bond acceptors (Lipinski definition) is 3. The van der Waals surface area contributed by atoms with Crippen molar-refractivity contribution in [1.29, 1.82) is 0 Å². The van der Waals surface area contributed by atoms with Gasteiger partial charge in [0.25, 0.3) is 0 Å². The molecule has 3 heteroatoms. The second kappa shape index (κ2) is 7.93. The van der Waals surface area contributed by atoms with Gasteiger partial charge in [-0.25, -0.2) is 0 Å². The first-order valence-electron chi connectivity index (χ1n) is 6.88. The predicted molar refractivity (Wildman–Crippen MR) is 85.0 cm³/mol. The molecule has 0 aromatic heterocycles. The van der Waals surface area contributed by atoms with Crippen LogP contribution >= 0.6 is 11.8 Å². The number of benzene rings is 1. The minimum atomic E-state index is 0.154. The Labute approximate surface area is 122 Å². The van der Waals surface area contributed by atoms with Crippen LogP contribution in [0.4, 0.5) is 0 Å². The number of thioether (sulfide) groups is 1. The molecule has 0 heterocycles. The van der Waals surface area contributed by atoms with Crippen LogP contribution in [0.25, 0.3) is 0 Å². The summed E-state index contributed by atoms with van der Waals surface area (Å²) in [4.78, 5) is 1.39. The molecule has 1 aromatic rings. The Morgan fingerprint density at radius 3 is 2.63 bits per heavy atom. The lowest BCUT2D eigenvalue weighted by molar-refractivity contribution is 0.200. The fourth-order valence-electron chi connectivity index (χ4n) is 1.73. The summed E-state index contributed by atoms with van der Waals surface area (Å²) >= 11 is 1.93. The van der Waals surface area contributed by atoms with Crippen LogP contribution in [0.2, 0.25) is 0 Å². The summed E-state index contributed by atoms with van der Waals surface area (Å²) in [6, 6.07) is 6.73. The van der Waals surface area contributed by atoms with Crippen molar-refractivity contribution in [2.45, 2.75) is 51.1 Å². The lowest BCUT2D eigenvalue weighted by Gasteiger charge is -2.22. The number of hydrogen-bond donors (Lipinski definition) is 1. The Morgan fingerprint density at radius 1 is 1.26 bits per heavy atom.